The van der Waals surface area contributed by atoms with Crippen LogP contribution in [0.4, 0.5) is 13.2 Å². The summed E-state index contributed by atoms with van der Waals surface area (Å²) in [6.07, 6.45) is 0.965. The lowest BCUT2D eigenvalue weighted by Gasteiger charge is -2.32. The molecule has 0 radical (unpaired) electrons. The molecular weight excluding hydrogens is 285 g/mol. The summed E-state index contributed by atoms with van der Waals surface area (Å²) in [5.74, 6) is 1.09. The van der Waals surface area contributed by atoms with E-state index in [0.717, 1.165) is 31.2 Å². The third kappa shape index (κ3) is 3.91. The molecule has 0 amide bonds. The molecule has 0 aromatic heterocycles. The Hall–Kier alpha value is -0.700. The molecule has 0 bridgehead atoms. The van der Waals surface area contributed by atoms with Crippen LogP contribution in [-0.4, -0.2) is 5.38 Å². The fourth-order valence-electron chi connectivity index (χ4n) is 3.04. The lowest BCUT2D eigenvalue weighted by molar-refractivity contribution is -0.137. The van der Waals surface area contributed by atoms with Crippen molar-refractivity contribution in [2.45, 2.75) is 50.6 Å². The van der Waals surface area contributed by atoms with E-state index < -0.39 is 11.7 Å². The van der Waals surface area contributed by atoms with E-state index in [2.05, 4.69) is 6.92 Å². The van der Waals surface area contributed by atoms with Gasteiger partial charge in [-0.15, -0.1) is 11.6 Å². The Kier molecular flexibility index (Phi) is 5.00. The van der Waals surface area contributed by atoms with Crippen molar-refractivity contribution in [1.82, 2.24) is 0 Å². The molecule has 0 saturated heterocycles. The van der Waals surface area contributed by atoms with E-state index in [0.29, 0.717) is 11.8 Å². The summed E-state index contributed by atoms with van der Waals surface area (Å²) in [6.45, 7) is 2.19. The fourth-order valence-corrected chi connectivity index (χ4v) is 3.36. The van der Waals surface area contributed by atoms with Crippen molar-refractivity contribution < 1.29 is 13.2 Å². The van der Waals surface area contributed by atoms with Gasteiger partial charge in [-0.05, 0) is 55.2 Å². The molecule has 1 aromatic rings. The molecule has 0 N–H and O–H groups in total. The first-order chi connectivity index (χ1) is 9.40. The van der Waals surface area contributed by atoms with Gasteiger partial charge in [-0.3, -0.25) is 0 Å². The topological polar surface area (TPSA) is 0 Å². The van der Waals surface area contributed by atoms with Gasteiger partial charge in [0.15, 0.2) is 0 Å². The SMILES string of the molecule is CCC1CCC(Cl)C(Cc2ccc(C(F)(F)F)cc2)C1. The standard InChI is InChI=1S/C16H20ClF3/c1-2-11-5-8-15(17)13(9-11)10-12-3-6-14(7-4-12)16(18,19)20/h3-4,6-7,11,13,15H,2,5,8-10H2,1H3. The van der Waals surface area contributed by atoms with Gasteiger partial charge in [0.1, 0.15) is 0 Å². The monoisotopic (exact) mass is 304 g/mol. The molecule has 2 rings (SSSR count). The molecule has 3 unspecified atom stereocenters. The molecule has 4 heteroatoms. The second-order valence-electron chi connectivity index (χ2n) is 5.76. The van der Waals surface area contributed by atoms with Crippen LogP contribution in [0, 0.1) is 11.8 Å². The minimum absolute atomic E-state index is 0.153. The van der Waals surface area contributed by atoms with Gasteiger partial charge in [0.2, 0.25) is 0 Å². The predicted molar refractivity (Wildman–Crippen MR) is 75.9 cm³/mol. The Morgan fingerprint density at radius 2 is 1.80 bits per heavy atom. The second-order valence-corrected chi connectivity index (χ2v) is 6.32. The Morgan fingerprint density at radius 1 is 1.15 bits per heavy atom. The Bertz CT molecular complexity index is 424. The number of hydrogen-bond donors (Lipinski definition) is 0. The Balaban J connectivity index is 2.02. The Labute approximate surface area is 123 Å². The zero-order valence-electron chi connectivity index (χ0n) is 11.6. The largest absolute Gasteiger partial charge is 0.416 e. The van der Waals surface area contributed by atoms with Crippen molar-refractivity contribution in [3.63, 3.8) is 0 Å². The maximum Gasteiger partial charge on any atom is 0.416 e. The van der Waals surface area contributed by atoms with Crippen LogP contribution < -0.4 is 0 Å². The number of halogens is 4. The van der Waals surface area contributed by atoms with Gasteiger partial charge >= 0.3 is 6.18 Å². The van der Waals surface area contributed by atoms with Crippen LogP contribution in [0.1, 0.15) is 43.7 Å². The van der Waals surface area contributed by atoms with Gasteiger partial charge in [-0.25, -0.2) is 0 Å². The summed E-state index contributed by atoms with van der Waals surface area (Å²) >= 11 is 6.38. The van der Waals surface area contributed by atoms with E-state index in [1.807, 2.05) is 0 Å². The molecule has 0 aliphatic heterocycles. The van der Waals surface area contributed by atoms with Crippen molar-refractivity contribution in [2.24, 2.45) is 11.8 Å². The Morgan fingerprint density at radius 3 is 2.35 bits per heavy atom. The van der Waals surface area contributed by atoms with E-state index in [1.165, 1.54) is 18.6 Å². The highest BCUT2D eigenvalue weighted by atomic mass is 35.5. The molecule has 0 nitrogen and oxygen atoms in total. The highest BCUT2D eigenvalue weighted by molar-refractivity contribution is 6.20. The van der Waals surface area contributed by atoms with Crippen molar-refractivity contribution >= 4 is 11.6 Å². The van der Waals surface area contributed by atoms with E-state index in [9.17, 15) is 13.2 Å². The zero-order chi connectivity index (χ0) is 14.8. The summed E-state index contributed by atoms with van der Waals surface area (Å²) in [5, 5.41) is 0.153. The molecule has 0 spiro atoms. The third-order valence-corrected chi connectivity index (χ3v) is 4.93. The zero-order valence-corrected chi connectivity index (χ0v) is 12.3. The average molecular weight is 305 g/mol. The van der Waals surface area contributed by atoms with Crippen LogP contribution in [0.3, 0.4) is 0 Å². The van der Waals surface area contributed by atoms with Crippen molar-refractivity contribution in [1.29, 1.82) is 0 Å². The average Bonchev–Trinajstić information content (AvgIpc) is 2.41. The number of rotatable bonds is 3. The summed E-state index contributed by atoms with van der Waals surface area (Å²) < 4.78 is 37.5. The van der Waals surface area contributed by atoms with Crippen LogP contribution >= 0.6 is 11.6 Å². The molecule has 112 valence electrons. The lowest BCUT2D eigenvalue weighted by atomic mass is 9.77. The van der Waals surface area contributed by atoms with Gasteiger partial charge in [0.25, 0.3) is 0 Å². The van der Waals surface area contributed by atoms with E-state index in [1.54, 1.807) is 12.1 Å². The predicted octanol–water partition coefficient (Wildman–Crippen LogP) is 5.68. The molecule has 1 aliphatic rings. The van der Waals surface area contributed by atoms with Crippen molar-refractivity contribution in [2.75, 3.05) is 0 Å². The second kappa shape index (κ2) is 6.38. The van der Waals surface area contributed by atoms with Gasteiger partial charge < -0.3 is 0 Å². The molecule has 20 heavy (non-hydrogen) atoms. The number of benzene rings is 1. The first-order valence-corrected chi connectivity index (χ1v) is 7.64. The molecule has 3 atom stereocenters. The summed E-state index contributed by atoms with van der Waals surface area (Å²) in [5.41, 5.74) is 0.365. The summed E-state index contributed by atoms with van der Waals surface area (Å²) in [4.78, 5) is 0. The number of alkyl halides is 4. The van der Waals surface area contributed by atoms with E-state index in [4.69, 9.17) is 11.6 Å². The van der Waals surface area contributed by atoms with Gasteiger partial charge in [-0.1, -0.05) is 25.5 Å². The normalized spacial score (nSPS) is 27.6. The van der Waals surface area contributed by atoms with Crippen LogP contribution in [0.15, 0.2) is 24.3 Å². The molecule has 1 aromatic carbocycles. The van der Waals surface area contributed by atoms with Gasteiger partial charge in [-0.2, -0.15) is 13.2 Å². The van der Waals surface area contributed by atoms with Crippen molar-refractivity contribution in [3.05, 3.63) is 35.4 Å². The maximum absolute atomic E-state index is 12.5. The van der Waals surface area contributed by atoms with Crippen LogP contribution in [0.25, 0.3) is 0 Å². The first kappa shape index (κ1) is 15.7. The molecular formula is C16H20ClF3. The molecule has 0 heterocycles. The summed E-state index contributed by atoms with van der Waals surface area (Å²) in [7, 11) is 0. The maximum atomic E-state index is 12.5. The smallest absolute Gasteiger partial charge is 0.166 e. The minimum atomic E-state index is -4.26. The van der Waals surface area contributed by atoms with E-state index >= 15 is 0 Å². The van der Waals surface area contributed by atoms with Crippen LogP contribution in [0.5, 0.6) is 0 Å². The highest BCUT2D eigenvalue weighted by Gasteiger charge is 2.31. The van der Waals surface area contributed by atoms with Crippen molar-refractivity contribution in [3.8, 4) is 0 Å². The molecule has 1 saturated carbocycles. The van der Waals surface area contributed by atoms with Crippen LogP contribution in [-0.2, 0) is 12.6 Å². The first-order valence-electron chi connectivity index (χ1n) is 7.20. The van der Waals surface area contributed by atoms with Crippen LogP contribution in [0.2, 0.25) is 0 Å². The summed E-state index contributed by atoms with van der Waals surface area (Å²) in [6, 6.07) is 5.50. The molecule has 1 fully saturated rings. The van der Waals surface area contributed by atoms with E-state index in [-0.39, 0.29) is 5.38 Å². The minimum Gasteiger partial charge on any atom is -0.166 e. The molecule has 1 aliphatic carbocycles. The quantitative estimate of drug-likeness (QED) is 0.630. The third-order valence-electron chi connectivity index (χ3n) is 4.35. The fraction of sp³-hybridized carbons (Fsp3) is 0.625. The number of hydrogen-bond acceptors (Lipinski definition) is 0. The highest BCUT2D eigenvalue weighted by Crippen LogP contribution is 2.36. The van der Waals surface area contributed by atoms with Gasteiger partial charge in [0.05, 0.1) is 5.56 Å². The lowest BCUT2D eigenvalue weighted by Crippen LogP contribution is -2.26. The van der Waals surface area contributed by atoms with Gasteiger partial charge in [0, 0.05) is 5.38 Å².